The fraction of sp³-hybridized carbons (Fsp3) is 0.368. The minimum atomic E-state index is 0.0905. The fourth-order valence-corrected chi connectivity index (χ4v) is 4.64. The van der Waals surface area contributed by atoms with Gasteiger partial charge in [0.2, 0.25) is 0 Å². The van der Waals surface area contributed by atoms with Crippen molar-refractivity contribution in [3.63, 3.8) is 0 Å². The summed E-state index contributed by atoms with van der Waals surface area (Å²) in [7, 11) is 0. The first-order valence-corrected chi connectivity index (χ1v) is 9.38. The topological polar surface area (TPSA) is 20.3 Å². The number of allylic oxidation sites excluding steroid dienone is 2. The predicted molar refractivity (Wildman–Crippen MR) is 102 cm³/mol. The van der Waals surface area contributed by atoms with Gasteiger partial charge in [0.05, 0.1) is 4.91 Å². The molecule has 23 heavy (non-hydrogen) atoms. The maximum Gasteiger partial charge on any atom is 0.266 e. The Kier molecular flexibility index (Phi) is 5.34. The molecule has 1 saturated carbocycles. The average molecular weight is 344 g/mol. The molecule has 0 unspecified atom stereocenters. The molecule has 2 aliphatic rings. The van der Waals surface area contributed by atoms with Gasteiger partial charge in [0.1, 0.15) is 4.32 Å². The fourth-order valence-electron chi connectivity index (χ4n) is 3.19. The van der Waals surface area contributed by atoms with Crippen molar-refractivity contribution in [1.82, 2.24) is 4.90 Å². The first-order chi connectivity index (χ1) is 11.1. The molecule has 1 saturated heterocycles. The van der Waals surface area contributed by atoms with Gasteiger partial charge in [0, 0.05) is 6.04 Å². The van der Waals surface area contributed by atoms with Crippen LogP contribution in [0, 0.1) is 0 Å². The molecule has 1 aromatic rings. The van der Waals surface area contributed by atoms with E-state index in [0.29, 0.717) is 6.04 Å². The van der Waals surface area contributed by atoms with Gasteiger partial charge in [-0.15, -0.1) is 0 Å². The minimum Gasteiger partial charge on any atom is -0.290 e. The van der Waals surface area contributed by atoms with Crippen molar-refractivity contribution in [2.75, 3.05) is 0 Å². The van der Waals surface area contributed by atoms with E-state index in [1.807, 2.05) is 36.1 Å². The van der Waals surface area contributed by atoms with Crippen molar-refractivity contribution in [3.8, 4) is 0 Å². The van der Waals surface area contributed by atoms with Gasteiger partial charge in [-0.05, 0) is 37.0 Å². The van der Waals surface area contributed by atoms with E-state index in [4.69, 9.17) is 12.2 Å². The van der Waals surface area contributed by atoms with Crippen LogP contribution < -0.4 is 0 Å². The van der Waals surface area contributed by atoms with Crippen LogP contribution in [0.3, 0.4) is 0 Å². The minimum absolute atomic E-state index is 0.0905. The second-order valence-corrected chi connectivity index (χ2v) is 7.82. The van der Waals surface area contributed by atoms with Crippen molar-refractivity contribution in [2.45, 2.75) is 45.1 Å². The highest BCUT2D eigenvalue weighted by Gasteiger charge is 2.37. The Morgan fingerprint density at radius 1 is 1.22 bits per heavy atom. The molecular weight excluding hydrogens is 322 g/mol. The first kappa shape index (κ1) is 16.5. The number of rotatable bonds is 3. The normalized spacial score (nSPS) is 22.2. The summed E-state index contributed by atoms with van der Waals surface area (Å²) in [6.07, 6.45) is 9.90. The summed E-state index contributed by atoms with van der Waals surface area (Å²) in [5.41, 5.74) is 2.21. The van der Waals surface area contributed by atoms with Crippen LogP contribution in [0.15, 0.2) is 46.9 Å². The van der Waals surface area contributed by atoms with Crippen LogP contribution in [-0.4, -0.2) is 21.2 Å². The summed E-state index contributed by atoms with van der Waals surface area (Å²) in [5.74, 6) is 0.0905. The maximum atomic E-state index is 12.7. The lowest BCUT2D eigenvalue weighted by Crippen LogP contribution is -2.39. The Balaban J connectivity index is 1.77. The zero-order valence-corrected chi connectivity index (χ0v) is 15.0. The number of thioether (sulfide) groups is 1. The summed E-state index contributed by atoms with van der Waals surface area (Å²) >= 11 is 6.91. The average Bonchev–Trinajstić information content (AvgIpc) is 2.83. The van der Waals surface area contributed by atoms with E-state index in [-0.39, 0.29) is 5.91 Å². The SMILES string of the molecule is CC(=C/c1ccccc1)/C=C1/SC(=S)N(C2CCCCC2)C1=O. The maximum absolute atomic E-state index is 12.7. The molecule has 3 rings (SSSR count). The van der Waals surface area contributed by atoms with Crippen LogP contribution in [-0.2, 0) is 4.79 Å². The van der Waals surface area contributed by atoms with Gasteiger partial charge in [0.15, 0.2) is 0 Å². The quantitative estimate of drug-likeness (QED) is 0.558. The molecular formula is C19H21NOS2. The van der Waals surface area contributed by atoms with Gasteiger partial charge < -0.3 is 0 Å². The monoisotopic (exact) mass is 343 g/mol. The number of carbonyl (C=O) groups excluding carboxylic acids is 1. The molecule has 0 spiro atoms. The standard InChI is InChI=1S/C19H21NOS2/c1-14(12-15-8-4-2-5-9-15)13-17-18(21)20(19(22)23-17)16-10-6-3-7-11-16/h2,4-5,8-9,12-13,16H,3,6-7,10-11H2,1H3/b14-12-,17-13+. The smallest absolute Gasteiger partial charge is 0.266 e. The Labute approximate surface area is 147 Å². The van der Waals surface area contributed by atoms with Crippen LogP contribution in [0.25, 0.3) is 6.08 Å². The third-order valence-electron chi connectivity index (χ3n) is 4.32. The Hall–Kier alpha value is -1.39. The molecule has 0 N–H and O–H groups in total. The van der Waals surface area contributed by atoms with Crippen molar-refractivity contribution in [3.05, 3.63) is 52.4 Å². The van der Waals surface area contributed by atoms with E-state index in [0.717, 1.165) is 33.2 Å². The van der Waals surface area contributed by atoms with Gasteiger partial charge in [-0.1, -0.05) is 79.7 Å². The van der Waals surface area contributed by atoms with E-state index in [1.165, 1.54) is 31.0 Å². The highest BCUT2D eigenvalue weighted by Crippen LogP contribution is 2.36. The van der Waals surface area contributed by atoms with E-state index in [2.05, 4.69) is 18.2 Å². The number of benzene rings is 1. The lowest BCUT2D eigenvalue weighted by Gasteiger charge is -2.29. The molecule has 1 heterocycles. The van der Waals surface area contributed by atoms with Crippen molar-refractivity contribution in [1.29, 1.82) is 0 Å². The molecule has 1 aliphatic carbocycles. The molecule has 1 aliphatic heterocycles. The summed E-state index contributed by atoms with van der Waals surface area (Å²) in [6, 6.07) is 10.5. The third kappa shape index (κ3) is 3.93. The Bertz CT molecular complexity index is 657. The lowest BCUT2D eigenvalue weighted by molar-refractivity contribution is -0.124. The van der Waals surface area contributed by atoms with E-state index in [9.17, 15) is 4.79 Å². The molecule has 0 bridgehead atoms. The number of hydrogen-bond acceptors (Lipinski definition) is 3. The molecule has 2 nitrogen and oxygen atoms in total. The number of nitrogens with zero attached hydrogens (tertiary/aromatic N) is 1. The van der Waals surface area contributed by atoms with Crippen LogP contribution in [0.5, 0.6) is 0 Å². The second kappa shape index (κ2) is 7.45. The van der Waals surface area contributed by atoms with E-state index < -0.39 is 0 Å². The number of hydrogen-bond donors (Lipinski definition) is 0. The molecule has 120 valence electrons. The molecule has 1 amide bonds. The van der Waals surface area contributed by atoms with Crippen molar-refractivity contribution in [2.24, 2.45) is 0 Å². The van der Waals surface area contributed by atoms with Crippen LogP contribution >= 0.6 is 24.0 Å². The lowest BCUT2D eigenvalue weighted by atomic mass is 9.94. The predicted octanol–water partition coefficient (Wildman–Crippen LogP) is 5.17. The summed E-state index contributed by atoms with van der Waals surface area (Å²) in [5, 5.41) is 0. The first-order valence-electron chi connectivity index (χ1n) is 8.15. The van der Waals surface area contributed by atoms with Gasteiger partial charge >= 0.3 is 0 Å². The molecule has 0 radical (unpaired) electrons. The Morgan fingerprint density at radius 3 is 2.61 bits per heavy atom. The molecule has 0 aromatic heterocycles. The number of carbonyl (C=O) groups is 1. The van der Waals surface area contributed by atoms with Crippen LogP contribution in [0.1, 0.15) is 44.6 Å². The van der Waals surface area contributed by atoms with E-state index >= 15 is 0 Å². The van der Waals surface area contributed by atoms with Gasteiger partial charge in [-0.25, -0.2) is 0 Å². The summed E-state index contributed by atoms with van der Waals surface area (Å²) in [4.78, 5) is 15.3. The highest BCUT2D eigenvalue weighted by atomic mass is 32.2. The summed E-state index contributed by atoms with van der Waals surface area (Å²) in [6.45, 7) is 2.03. The molecule has 4 heteroatoms. The van der Waals surface area contributed by atoms with Crippen LogP contribution in [0.2, 0.25) is 0 Å². The third-order valence-corrected chi connectivity index (χ3v) is 5.65. The van der Waals surface area contributed by atoms with Gasteiger partial charge in [0.25, 0.3) is 5.91 Å². The van der Waals surface area contributed by atoms with Crippen LogP contribution in [0.4, 0.5) is 0 Å². The largest absolute Gasteiger partial charge is 0.290 e. The highest BCUT2D eigenvalue weighted by molar-refractivity contribution is 8.26. The molecule has 2 fully saturated rings. The zero-order valence-electron chi connectivity index (χ0n) is 13.3. The summed E-state index contributed by atoms with van der Waals surface area (Å²) < 4.78 is 0.723. The van der Waals surface area contributed by atoms with Crippen molar-refractivity contribution < 1.29 is 4.79 Å². The number of amides is 1. The molecule has 1 aromatic carbocycles. The van der Waals surface area contributed by atoms with Gasteiger partial charge in [-0.2, -0.15) is 0 Å². The van der Waals surface area contributed by atoms with E-state index in [1.54, 1.807) is 0 Å². The zero-order chi connectivity index (χ0) is 16.2. The Morgan fingerprint density at radius 2 is 1.91 bits per heavy atom. The molecule has 0 atom stereocenters. The van der Waals surface area contributed by atoms with Crippen molar-refractivity contribution >= 4 is 40.3 Å². The number of thiocarbonyl (C=S) groups is 1. The second-order valence-electron chi connectivity index (χ2n) is 6.14. The van der Waals surface area contributed by atoms with Gasteiger partial charge in [-0.3, -0.25) is 9.69 Å².